The van der Waals surface area contributed by atoms with Gasteiger partial charge in [0.05, 0.1) is 33.5 Å². The summed E-state index contributed by atoms with van der Waals surface area (Å²) >= 11 is 0. The van der Waals surface area contributed by atoms with Crippen molar-refractivity contribution in [3.05, 3.63) is 53.6 Å². The fraction of sp³-hybridized carbons (Fsp3) is 0.300. The fourth-order valence-electron chi connectivity index (χ4n) is 2.84. The van der Waals surface area contributed by atoms with Crippen LogP contribution in [0.2, 0.25) is 0 Å². The molecule has 0 spiro atoms. The molecule has 0 aliphatic heterocycles. The van der Waals surface area contributed by atoms with Gasteiger partial charge in [-0.05, 0) is 29.7 Å². The van der Waals surface area contributed by atoms with Crippen LogP contribution in [0.4, 0.5) is 0 Å². The lowest BCUT2D eigenvalue weighted by atomic mass is 9.83. The van der Waals surface area contributed by atoms with Crippen molar-refractivity contribution in [2.75, 3.05) is 21.3 Å². The van der Waals surface area contributed by atoms with E-state index in [1.54, 1.807) is 21.3 Å². The third-order valence-electron chi connectivity index (χ3n) is 4.09. The lowest BCUT2D eigenvalue weighted by molar-refractivity contribution is 0.323. The number of methoxy groups -OCH3 is 3. The van der Waals surface area contributed by atoms with E-state index < -0.39 is 5.92 Å². The summed E-state index contributed by atoms with van der Waals surface area (Å²) in [6.07, 6.45) is 0.506. The Balaban J connectivity index is 2.46. The normalized spacial score (nSPS) is 11.3. The van der Waals surface area contributed by atoms with Gasteiger partial charge >= 0.3 is 0 Å². The molecule has 128 valence electrons. The summed E-state index contributed by atoms with van der Waals surface area (Å²) < 4.78 is 16.1. The second-order valence-electron chi connectivity index (χ2n) is 5.49. The predicted octanol–water partition coefficient (Wildman–Crippen LogP) is 3.70. The molecule has 0 fully saturated rings. The Hall–Kier alpha value is -3.18. The van der Waals surface area contributed by atoms with E-state index in [1.807, 2.05) is 42.5 Å². The molecule has 0 aliphatic rings. The number of hydrogen-bond acceptors (Lipinski definition) is 5. The van der Waals surface area contributed by atoms with Crippen LogP contribution in [-0.4, -0.2) is 21.3 Å². The van der Waals surface area contributed by atoms with Gasteiger partial charge in [-0.1, -0.05) is 30.3 Å². The predicted molar refractivity (Wildman–Crippen MR) is 93.7 cm³/mol. The molecule has 0 aromatic heterocycles. The number of benzene rings is 2. The topological polar surface area (TPSA) is 75.3 Å². The van der Waals surface area contributed by atoms with Crippen molar-refractivity contribution in [2.45, 2.75) is 12.3 Å². The molecular weight excluding hydrogens is 316 g/mol. The average molecular weight is 336 g/mol. The van der Waals surface area contributed by atoms with Gasteiger partial charge in [0.15, 0.2) is 11.5 Å². The maximum atomic E-state index is 9.38. The lowest BCUT2D eigenvalue weighted by Crippen LogP contribution is -2.13. The van der Waals surface area contributed by atoms with Gasteiger partial charge in [0.2, 0.25) is 5.75 Å². The standard InChI is InChI=1S/C20H20N2O3/c1-23-18-10-14(11-19(24-2)20(18)25-3)9-17(16(12-21)13-22)15-7-5-4-6-8-15/h4-8,10-11,16-17H,9H2,1-3H3. The van der Waals surface area contributed by atoms with E-state index in [0.29, 0.717) is 23.7 Å². The van der Waals surface area contributed by atoms with Crippen molar-refractivity contribution < 1.29 is 14.2 Å². The highest BCUT2D eigenvalue weighted by Gasteiger charge is 2.24. The van der Waals surface area contributed by atoms with Gasteiger partial charge in [-0.25, -0.2) is 0 Å². The van der Waals surface area contributed by atoms with Gasteiger partial charge in [-0.15, -0.1) is 0 Å². The smallest absolute Gasteiger partial charge is 0.203 e. The van der Waals surface area contributed by atoms with Gasteiger partial charge in [0.1, 0.15) is 5.92 Å². The molecular formula is C20H20N2O3. The summed E-state index contributed by atoms with van der Waals surface area (Å²) in [6.45, 7) is 0. The zero-order valence-electron chi connectivity index (χ0n) is 14.5. The minimum Gasteiger partial charge on any atom is -0.493 e. The zero-order valence-corrected chi connectivity index (χ0v) is 14.5. The van der Waals surface area contributed by atoms with Crippen LogP contribution in [0.15, 0.2) is 42.5 Å². The highest BCUT2D eigenvalue weighted by molar-refractivity contribution is 5.54. The number of hydrogen-bond donors (Lipinski definition) is 0. The maximum Gasteiger partial charge on any atom is 0.203 e. The molecule has 5 heteroatoms. The first kappa shape index (κ1) is 18.2. The Bertz CT molecular complexity index is 752. The molecule has 2 aromatic rings. The van der Waals surface area contributed by atoms with E-state index in [4.69, 9.17) is 14.2 Å². The Kier molecular flexibility index (Phi) is 6.26. The van der Waals surface area contributed by atoms with Gasteiger partial charge in [-0.2, -0.15) is 10.5 Å². The zero-order chi connectivity index (χ0) is 18.2. The molecule has 1 atom stereocenters. The van der Waals surface area contributed by atoms with E-state index >= 15 is 0 Å². The number of ether oxygens (including phenoxy) is 3. The monoisotopic (exact) mass is 336 g/mol. The molecule has 2 aromatic carbocycles. The highest BCUT2D eigenvalue weighted by atomic mass is 16.5. The van der Waals surface area contributed by atoms with E-state index in [9.17, 15) is 10.5 Å². The second-order valence-corrected chi connectivity index (χ2v) is 5.49. The number of rotatable bonds is 7. The largest absolute Gasteiger partial charge is 0.493 e. The first-order chi connectivity index (χ1) is 12.2. The Morgan fingerprint density at radius 2 is 1.44 bits per heavy atom. The van der Waals surface area contributed by atoms with E-state index in [2.05, 4.69) is 12.1 Å². The molecule has 0 aliphatic carbocycles. The maximum absolute atomic E-state index is 9.38. The summed E-state index contributed by atoms with van der Waals surface area (Å²) in [5, 5.41) is 18.8. The summed E-state index contributed by atoms with van der Waals surface area (Å²) in [5.74, 6) is 0.617. The Morgan fingerprint density at radius 1 is 0.880 bits per heavy atom. The lowest BCUT2D eigenvalue weighted by Gasteiger charge is -2.20. The van der Waals surface area contributed by atoms with E-state index in [0.717, 1.165) is 11.1 Å². The minimum atomic E-state index is -0.749. The average Bonchev–Trinajstić information content (AvgIpc) is 2.67. The molecule has 0 radical (unpaired) electrons. The van der Waals surface area contributed by atoms with Crippen LogP contribution in [-0.2, 0) is 6.42 Å². The molecule has 0 amide bonds. The third-order valence-corrected chi connectivity index (χ3v) is 4.09. The van der Waals surface area contributed by atoms with Crippen molar-refractivity contribution in [3.63, 3.8) is 0 Å². The molecule has 2 rings (SSSR count). The molecule has 0 saturated carbocycles. The van der Waals surface area contributed by atoms with Crippen LogP contribution in [0.25, 0.3) is 0 Å². The summed E-state index contributed by atoms with van der Waals surface area (Å²) in [7, 11) is 4.67. The summed E-state index contributed by atoms with van der Waals surface area (Å²) in [4.78, 5) is 0. The molecule has 25 heavy (non-hydrogen) atoms. The Labute approximate surface area is 148 Å². The fourth-order valence-corrected chi connectivity index (χ4v) is 2.84. The molecule has 0 bridgehead atoms. The van der Waals surface area contributed by atoms with Crippen LogP contribution in [0.3, 0.4) is 0 Å². The minimum absolute atomic E-state index is 0.251. The first-order valence-electron chi connectivity index (χ1n) is 7.81. The van der Waals surface area contributed by atoms with Crippen LogP contribution < -0.4 is 14.2 Å². The summed E-state index contributed by atoms with van der Waals surface area (Å²) in [5.41, 5.74) is 1.85. The van der Waals surface area contributed by atoms with Crippen molar-refractivity contribution in [2.24, 2.45) is 5.92 Å². The summed E-state index contributed by atoms with van der Waals surface area (Å²) in [6, 6.07) is 17.5. The van der Waals surface area contributed by atoms with Crippen molar-refractivity contribution in [3.8, 4) is 29.4 Å². The van der Waals surface area contributed by atoms with Gasteiger partial charge < -0.3 is 14.2 Å². The van der Waals surface area contributed by atoms with Crippen molar-refractivity contribution >= 4 is 0 Å². The van der Waals surface area contributed by atoms with Gasteiger partial charge in [0.25, 0.3) is 0 Å². The number of nitriles is 2. The van der Waals surface area contributed by atoms with E-state index in [1.165, 1.54) is 0 Å². The number of nitrogens with zero attached hydrogens (tertiary/aromatic N) is 2. The van der Waals surface area contributed by atoms with Gasteiger partial charge in [-0.3, -0.25) is 0 Å². The van der Waals surface area contributed by atoms with Crippen LogP contribution in [0, 0.1) is 28.6 Å². The van der Waals surface area contributed by atoms with E-state index in [-0.39, 0.29) is 5.92 Å². The molecule has 5 nitrogen and oxygen atoms in total. The quantitative estimate of drug-likeness (QED) is 0.770. The Morgan fingerprint density at radius 3 is 1.88 bits per heavy atom. The molecule has 0 N–H and O–H groups in total. The van der Waals surface area contributed by atoms with Crippen LogP contribution in [0.1, 0.15) is 17.0 Å². The first-order valence-corrected chi connectivity index (χ1v) is 7.81. The highest BCUT2D eigenvalue weighted by Crippen LogP contribution is 2.40. The molecule has 0 saturated heterocycles. The van der Waals surface area contributed by atoms with Crippen LogP contribution in [0.5, 0.6) is 17.2 Å². The third kappa shape index (κ3) is 4.02. The second kappa shape index (κ2) is 8.61. The SMILES string of the molecule is COc1cc(CC(c2ccccc2)C(C#N)C#N)cc(OC)c1OC. The van der Waals surface area contributed by atoms with Gasteiger partial charge in [0, 0.05) is 5.92 Å². The molecule has 0 heterocycles. The van der Waals surface area contributed by atoms with Crippen LogP contribution >= 0.6 is 0 Å². The molecule has 1 unspecified atom stereocenters. The van der Waals surface area contributed by atoms with Crippen molar-refractivity contribution in [1.29, 1.82) is 10.5 Å². The van der Waals surface area contributed by atoms with Crippen molar-refractivity contribution in [1.82, 2.24) is 0 Å².